The zero-order valence-electron chi connectivity index (χ0n) is 17.4. The summed E-state index contributed by atoms with van der Waals surface area (Å²) in [5, 5.41) is 0. The number of anilines is 1. The molecule has 0 spiro atoms. The minimum Gasteiger partial charge on any atom is -0.497 e. The van der Waals surface area contributed by atoms with Crippen LogP contribution in [-0.4, -0.2) is 13.7 Å². The average molecular weight is 364 g/mol. The standard InChI is InChI=1S/C23H41NO2/c1-4-6-8-10-11-13-16-21(15-12-9-7-5-2)20-26-24-22-17-14-18-23(19-22)25-3/h14,17-19,21,24H,4-13,15-16,20H2,1-3H3. The third-order valence-corrected chi connectivity index (χ3v) is 5.01. The quantitative estimate of drug-likeness (QED) is 0.231. The molecule has 150 valence electrons. The van der Waals surface area contributed by atoms with Crippen LogP contribution in [0.1, 0.15) is 90.9 Å². The molecule has 0 aliphatic heterocycles. The number of nitrogens with one attached hydrogen (secondary N) is 1. The van der Waals surface area contributed by atoms with Crippen molar-refractivity contribution in [3.63, 3.8) is 0 Å². The van der Waals surface area contributed by atoms with Crippen molar-refractivity contribution in [3.8, 4) is 5.75 Å². The van der Waals surface area contributed by atoms with Crippen molar-refractivity contribution in [1.29, 1.82) is 0 Å². The highest BCUT2D eigenvalue weighted by molar-refractivity contribution is 5.46. The van der Waals surface area contributed by atoms with E-state index >= 15 is 0 Å². The molecule has 0 aliphatic carbocycles. The van der Waals surface area contributed by atoms with Crippen LogP contribution in [0.5, 0.6) is 5.75 Å². The van der Waals surface area contributed by atoms with E-state index in [-0.39, 0.29) is 0 Å². The molecule has 0 bridgehead atoms. The van der Waals surface area contributed by atoms with Gasteiger partial charge in [0.1, 0.15) is 5.75 Å². The Labute approximate surface area is 161 Å². The number of unbranched alkanes of at least 4 members (excludes halogenated alkanes) is 8. The molecule has 3 heteroatoms. The molecular weight excluding hydrogens is 322 g/mol. The summed E-state index contributed by atoms with van der Waals surface area (Å²) in [7, 11) is 1.69. The summed E-state index contributed by atoms with van der Waals surface area (Å²) in [6.45, 7) is 5.34. The van der Waals surface area contributed by atoms with E-state index in [2.05, 4.69) is 19.3 Å². The molecule has 0 radical (unpaired) electrons. The van der Waals surface area contributed by atoms with E-state index < -0.39 is 0 Å². The van der Waals surface area contributed by atoms with Gasteiger partial charge in [0.2, 0.25) is 0 Å². The van der Waals surface area contributed by atoms with E-state index in [1.807, 2.05) is 24.3 Å². The van der Waals surface area contributed by atoms with Crippen molar-refractivity contribution in [3.05, 3.63) is 24.3 Å². The number of methoxy groups -OCH3 is 1. The van der Waals surface area contributed by atoms with Gasteiger partial charge in [-0.3, -0.25) is 10.3 Å². The number of hydrogen-bond acceptors (Lipinski definition) is 3. The highest BCUT2D eigenvalue weighted by Gasteiger charge is 2.09. The average Bonchev–Trinajstić information content (AvgIpc) is 2.67. The van der Waals surface area contributed by atoms with Crippen LogP contribution < -0.4 is 10.2 Å². The maximum atomic E-state index is 5.83. The van der Waals surface area contributed by atoms with Gasteiger partial charge in [0.05, 0.1) is 19.4 Å². The molecule has 1 unspecified atom stereocenters. The first-order chi connectivity index (χ1) is 12.8. The predicted octanol–water partition coefficient (Wildman–Crippen LogP) is 7.38. The lowest BCUT2D eigenvalue weighted by Crippen LogP contribution is -2.13. The van der Waals surface area contributed by atoms with Crippen molar-refractivity contribution < 1.29 is 9.57 Å². The first-order valence-corrected chi connectivity index (χ1v) is 10.8. The number of rotatable bonds is 17. The van der Waals surface area contributed by atoms with Gasteiger partial charge in [-0.25, -0.2) is 0 Å². The topological polar surface area (TPSA) is 30.5 Å². The Balaban J connectivity index is 2.29. The van der Waals surface area contributed by atoms with Crippen molar-refractivity contribution in [1.82, 2.24) is 0 Å². The highest BCUT2D eigenvalue weighted by atomic mass is 16.6. The molecule has 1 rings (SSSR count). The Kier molecular flexibility index (Phi) is 14.0. The third kappa shape index (κ3) is 11.4. The molecule has 1 aromatic carbocycles. The lowest BCUT2D eigenvalue weighted by Gasteiger charge is -2.18. The zero-order valence-corrected chi connectivity index (χ0v) is 17.4. The molecule has 0 saturated heterocycles. The van der Waals surface area contributed by atoms with E-state index in [9.17, 15) is 0 Å². The Bertz CT molecular complexity index is 436. The molecule has 1 aromatic rings. The molecule has 0 heterocycles. The summed E-state index contributed by atoms with van der Waals surface area (Å²) < 4.78 is 5.26. The number of ether oxygens (including phenoxy) is 1. The molecular formula is C23H41NO2. The minimum atomic E-state index is 0.663. The fourth-order valence-corrected chi connectivity index (χ4v) is 3.31. The van der Waals surface area contributed by atoms with Crippen molar-refractivity contribution in [2.24, 2.45) is 5.92 Å². The molecule has 0 aromatic heterocycles. The van der Waals surface area contributed by atoms with Gasteiger partial charge in [-0.1, -0.05) is 84.1 Å². The third-order valence-electron chi connectivity index (χ3n) is 5.01. The van der Waals surface area contributed by atoms with Crippen LogP contribution in [0, 0.1) is 5.92 Å². The predicted molar refractivity (Wildman–Crippen MR) is 113 cm³/mol. The second-order valence-corrected chi connectivity index (χ2v) is 7.42. The molecule has 3 nitrogen and oxygen atoms in total. The second-order valence-electron chi connectivity index (χ2n) is 7.42. The van der Waals surface area contributed by atoms with Crippen LogP contribution in [0.2, 0.25) is 0 Å². The fourth-order valence-electron chi connectivity index (χ4n) is 3.31. The van der Waals surface area contributed by atoms with Crippen molar-refractivity contribution in [2.45, 2.75) is 90.9 Å². The summed E-state index contributed by atoms with van der Waals surface area (Å²) in [6.07, 6.45) is 16.1. The Morgan fingerprint density at radius 3 is 2.12 bits per heavy atom. The minimum absolute atomic E-state index is 0.663. The van der Waals surface area contributed by atoms with E-state index in [1.165, 1.54) is 77.0 Å². The summed E-state index contributed by atoms with van der Waals surface area (Å²) in [5.41, 5.74) is 4.04. The van der Waals surface area contributed by atoms with Gasteiger partial charge in [0, 0.05) is 6.07 Å². The largest absolute Gasteiger partial charge is 0.497 e. The lowest BCUT2D eigenvalue weighted by molar-refractivity contribution is 0.136. The molecule has 26 heavy (non-hydrogen) atoms. The summed E-state index contributed by atoms with van der Waals surface area (Å²) >= 11 is 0. The normalized spacial score (nSPS) is 12.1. The van der Waals surface area contributed by atoms with E-state index in [0.717, 1.165) is 18.0 Å². The van der Waals surface area contributed by atoms with Crippen LogP contribution in [0.4, 0.5) is 5.69 Å². The SMILES string of the molecule is CCCCCCCCC(CCCCCC)CONc1cccc(OC)c1. The van der Waals surface area contributed by atoms with Gasteiger partial charge in [0.25, 0.3) is 0 Å². The Morgan fingerprint density at radius 1 is 0.846 bits per heavy atom. The van der Waals surface area contributed by atoms with Gasteiger partial charge < -0.3 is 4.74 Å². The van der Waals surface area contributed by atoms with Crippen molar-refractivity contribution in [2.75, 3.05) is 19.2 Å². The lowest BCUT2D eigenvalue weighted by atomic mass is 9.95. The van der Waals surface area contributed by atoms with Gasteiger partial charge in [0.15, 0.2) is 0 Å². The summed E-state index contributed by atoms with van der Waals surface area (Å²) in [5.74, 6) is 1.51. The zero-order chi connectivity index (χ0) is 18.9. The summed E-state index contributed by atoms with van der Waals surface area (Å²) in [4.78, 5) is 5.83. The van der Waals surface area contributed by atoms with Gasteiger partial charge >= 0.3 is 0 Å². The number of benzene rings is 1. The highest BCUT2D eigenvalue weighted by Crippen LogP contribution is 2.21. The van der Waals surface area contributed by atoms with Crippen LogP contribution in [0.25, 0.3) is 0 Å². The smallest absolute Gasteiger partial charge is 0.121 e. The van der Waals surface area contributed by atoms with Crippen LogP contribution in [0.3, 0.4) is 0 Å². The molecule has 1 N–H and O–H groups in total. The van der Waals surface area contributed by atoms with Crippen LogP contribution in [0.15, 0.2) is 24.3 Å². The van der Waals surface area contributed by atoms with E-state index in [0.29, 0.717) is 5.92 Å². The van der Waals surface area contributed by atoms with Crippen LogP contribution >= 0.6 is 0 Å². The Hall–Kier alpha value is -1.22. The Morgan fingerprint density at radius 2 is 1.46 bits per heavy atom. The first-order valence-electron chi connectivity index (χ1n) is 10.8. The maximum Gasteiger partial charge on any atom is 0.121 e. The molecule has 1 atom stereocenters. The van der Waals surface area contributed by atoms with Gasteiger partial charge in [-0.05, 0) is 30.9 Å². The first kappa shape index (κ1) is 22.8. The van der Waals surface area contributed by atoms with Crippen molar-refractivity contribution >= 4 is 5.69 Å². The molecule has 0 aliphatic rings. The molecule has 0 amide bonds. The fraction of sp³-hybridized carbons (Fsp3) is 0.739. The maximum absolute atomic E-state index is 5.83. The molecule has 0 saturated carbocycles. The van der Waals surface area contributed by atoms with E-state index in [1.54, 1.807) is 7.11 Å². The van der Waals surface area contributed by atoms with Gasteiger partial charge in [-0.15, -0.1) is 0 Å². The molecule has 0 fully saturated rings. The second kappa shape index (κ2) is 16.0. The van der Waals surface area contributed by atoms with E-state index in [4.69, 9.17) is 9.57 Å². The van der Waals surface area contributed by atoms with Crippen LogP contribution in [-0.2, 0) is 4.84 Å². The summed E-state index contributed by atoms with van der Waals surface area (Å²) in [6, 6.07) is 7.89. The monoisotopic (exact) mass is 363 g/mol. The van der Waals surface area contributed by atoms with Gasteiger partial charge in [-0.2, -0.15) is 0 Å². The number of hydrogen-bond donors (Lipinski definition) is 1.